The number of ether oxygens (including phenoxy) is 1. The second kappa shape index (κ2) is 7.56. The molecule has 1 aromatic carbocycles. The van der Waals surface area contributed by atoms with Crippen LogP contribution in [0.4, 0.5) is 4.39 Å². The number of thiazole rings is 1. The summed E-state index contributed by atoms with van der Waals surface area (Å²) in [4.78, 5) is 33.8. The molecule has 30 heavy (non-hydrogen) atoms. The lowest BCUT2D eigenvalue weighted by molar-refractivity contribution is -0.136. The van der Waals surface area contributed by atoms with Crippen LogP contribution in [0.3, 0.4) is 0 Å². The third-order valence-corrected chi connectivity index (χ3v) is 5.27. The number of pyridine rings is 1. The van der Waals surface area contributed by atoms with Gasteiger partial charge in [0.25, 0.3) is 5.56 Å². The molecule has 0 aliphatic heterocycles. The van der Waals surface area contributed by atoms with Gasteiger partial charge in [-0.05, 0) is 29.7 Å². The van der Waals surface area contributed by atoms with Crippen LogP contribution in [0.25, 0.3) is 21.1 Å². The number of rotatable bonds is 4. The van der Waals surface area contributed by atoms with Crippen LogP contribution in [0.1, 0.15) is 32.2 Å². The lowest BCUT2D eigenvalue weighted by Crippen LogP contribution is -2.26. The van der Waals surface area contributed by atoms with E-state index in [1.807, 2.05) is 20.8 Å². The molecule has 0 saturated heterocycles. The Morgan fingerprint density at radius 2 is 2.07 bits per heavy atom. The Bertz CT molecular complexity index is 1320. The Labute approximate surface area is 175 Å². The number of hydrogen-bond donors (Lipinski definition) is 0. The maximum atomic E-state index is 13.4. The Morgan fingerprint density at radius 1 is 1.27 bits per heavy atom. The molecule has 0 amide bonds. The Kier molecular flexibility index (Phi) is 5.07. The van der Waals surface area contributed by atoms with Gasteiger partial charge in [0.05, 0.1) is 28.6 Å². The molecule has 0 unspecified atom stereocenters. The average Bonchev–Trinajstić information content (AvgIpc) is 3.05. The largest absolute Gasteiger partial charge is 0.405 e. The van der Waals surface area contributed by atoms with Crippen molar-refractivity contribution in [3.63, 3.8) is 0 Å². The molecule has 3 heterocycles. The summed E-state index contributed by atoms with van der Waals surface area (Å²) in [5, 5.41) is 5.21. The molecule has 9 heteroatoms. The van der Waals surface area contributed by atoms with Crippen molar-refractivity contribution in [2.24, 2.45) is 5.41 Å². The molecule has 0 aliphatic rings. The third kappa shape index (κ3) is 4.20. The van der Waals surface area contributed by atoms with E-state index in [1.165, 1.54) is 34.3 Å². The fourth-order valence-corrected chi connectivity index (χ4v) is 3.91. The summed E-state index contributed by atoms with van der Waals surface area (Å²) >= 11 is 1.34. The number of carbonyl (C=O) groups is 1. The summed E-state index contributed by atoms with van der Waals surface area (Å²) in [6, 6.07) is 7.64. The lowest BCUT2D eigenvalue weighted by atomic mass is 9.92. The van der Waals surface area contributed by atoms with Gasteiger partial charge in [0.15, 0.2) is 0 Å². The minimum atomic E-state index is -0.444. The van der Waals surface area contributed by atoms with Gasteiger partial charge in [-0.25, -0.2) is 14.1 Å². The minimum absolute atomic E-state index is 0.0269. The fourth-order valence-electron chi connectivity index (χ4n) is 2.98. The Hall–Kier alpha value is -3.20. The highest BCUT2D eigenvalue weighted by Gasteiger charge is 2.21. The second-order valence-electron chi connectivity index (χ2n) is 8.10. The molecule has 0 atom stereocenters. The normalized spacial score (nSPS) is 11.9. The molecular weight excluding hydrogens is 407 g/mol. The van der Waals surface area contributed by atoms with Gasteiger partial charge < -0.3 is 4.74 Å². The van der Waals surface area contributed by atoms with Crippen molar-refractivity contribution in [1.29, 1.82) is 0 Å². The average molecular weight is 426 g/mol. The zero-order valence-electron chi connectivity index (χ0n) is 16.7. The first-order valence-electron chi connectivity index (χ1n) is 9.31. The van der Waals surface area contributed by atoms with Crippen LogP contribution in [0.2, 0.25) is 0 Å². The van der Waals surface area contributed by atoms with Gasteiger partial charge in [0, 0.05) is 12.3 Å². The van der Waals surface area contributed by atoms with E-state index >= 15 is 0 Å². The van der Waals surface area contributed by atoms with E-state index in [2.05, 4.69) is 15.1 Å². The van der Waals surface area contributed by atoms with Gasteiger partial charge in [-0.2, -0.15) is 0 Å². The van der Waals surface area contributed by atoms with Crippen LogP contribution >= 0.6 is 11.3 Å². The first kappa shape index (κ1) is 20.1. The van der Waals surface area contributed by atoms with E-state index in [-0.39, 0.29) is 35.6 Å². The van der Waals surface area contributed by atoms with Gasteiger partial charge in [-0.3, -0.25) is 14.6 Å². The predicted molar refractivity (Wildman–Crippen MR) is 112 cm³/mol. The first-order chi connectivity index (χ1) is 14.2. The molecule has 0 N–H and O–H groups in total. The van der Waals surface area contributed by atoms with E-state index in [1.54, 1.807) is 18.2 Å². The van der Waals surface area contributed by atoms with E-state index in [9.17, 15) is 14.0 Å². The van der Waals surface area contributed by atoms with Crippen molar-refractivity contribution >= 4 is 38.4 Å². The van der Waals surface area contributed by atoms with Crippen LogP contribution in [-0.4, -0.2) is 25.7 Å². The summed E-state index contributed by atoms with van der Waals surface area (Å²) in [5.41, 5.74) is -0.0146. The predicted octanol–water partition coefficient (Wildman–Crippen LogP) is 3.93. The highest BCUT2D eigenvalue weighted by Crippen LogP contribution is 2.25. The summed E-state index contributed by atoms with van der Waals surface area (Å²) in [5.74, 6) is -0.794. The van der Waals surface area contributed by atoms with E-state index < -0.39 is 11.5 Å². The van der Waals surface area contributed by atoms with E-state index in [0.29, 0.717) is 15.9 Å². The SMILES string of the molecule is CC(C)(C)CC(=O)Oc1nn(Cc2nc3cc(F)ccc3s2)c(=O)c2ncccc12. The second-order valence-corrected chi connectivity index (χ2v) is 9.21. The zero-order valence-corrected chi connectivity index (χ0v) is 17.5. The van der Waals surface area contributed by atoms with Gasteiger partial charge in [0.2, 0.25) is 5.88 Å². The molecule has 0 aliphatic carbocycles. The highest BCUT2D eigenvalue weighted by atomic mass is 32.1. The summed E-state index contributed by atoms with van der Waals surface area (Å²) in [6.45, 7) is 5.84. The van der Waals surface area contributed by atoms with Crippen molar-refractivity contribution < 1.29 is 13.9 Å². The van der Waals surface area contributed by atoms with Gasteiger partial charge in [-0.1, -0.05) is 20.8 Å². The third-order valence-electron chi connectivity index (χ3n) is 4.25. The fraction of sp³-hybridized carbons (Fsp3) is 0.286. The van der Waals surface area contributed by atoms with Crippen molar-refractivity contribution in [2.45, 2.75) is 33.7 Å². The lowest BCUT2D eigenvalue weighted by Gasteiger charge is -2.16. The summed E-state index contributed by atoms with van der Waals surface area (Å²) in [7, 11) is 0. The molecule has 0 radical (unpaired) electrons. The molecule has 0 bridgehead atoms. The minimum Gasteiger partial charge on any atom is -0.405 e. The number of esters is 1. The molecule has 154 valence electrons. The van der Waals surface area contributed by atoms with E-state index in [4.69, 9.17) is 4.74 Å². The highest BCUT2D eigenvalue weighted by molar-refractivity contribution is 7.18. The molecule has 0 spiro atoms. The number of carbonyl (C=O) groups excluding carboxylic acids is 1. The Morgan fingerprint density at radius 3 is 2.83 bits per heavy atom. The monoisotopic (exact) mass is 426 g/mol. The molecule has 3 aromatic heterocycles. The molecule has 7 nitrogen and oxygen atoms in total. The Balaban J connectivity index is 1.74. The van der Waals surface area contributed by atoms with Crippen molar-refractivity contribution in [1.82, 2.24) is 19.7 Å². The molecule has 4 aromatic rings. The maximum Gasteiger partial charge on any atom is 0.313 e. The van der Waals surface area contributed by atoms with Crippen LogP contribution in [-0.2, 0) is 11.3 Å². The number of aromatic nitrogens is 4. The zero-order chi connectivity index (χ0) is 21.5. The molecular formula is C21H19FN4O3S. The first-order valence-corrected chi connectivity index (χ1v) is 10.1. The topological polar surface area (TPSA) is 87.0 Å². The van der Waals surface area contributed by atoms with Crippen LogP contribution < -0.4 is 10.3 Å². The number of benzene rings is 1. The molecule has 4 rings (SSSR count). The standard InChI is InChI=1S/C21H19FN4O3S/c1-21(2,3)10-17(27)29-19-13-5-4-8-23-18(13)20(28)26(25-19)11-16-24-14-9-12(22)6-7-15(14)30-16/h4-9H,10-11H2,1-3H3. The molecule has 0 fully saturated rings. The quantitative estimate of drug-likeness (QED) is 0.460. The van der Waals surface area contributed by atoms with Crippen molar-refractivity contribution in [3.05, 3.63) is 57.7 Å². The number of nitrogens with zero attached hydrogens (tertiary/aromatic N) is 4. The van der Waals surface area contributed by atoms with Crippen LogP contribution in [0, 0.1) is 11.2 Å². The van der Waals surface area contributed by atoms with Gasteiger partial charge in [0.1, 0.15) is 16.3 Å². The van der Waals surface area contributed by atoms with Crippen molar-refractivity contribution in [2.75, 3.05) is 0 Å². The number of halogens is 1. The van der Waals surface area contributed by atoms with Crippen LogP contribution in [0.15, 0.2) is 41.3 Å². The van der Waals surface area contributed by atoms with Gasteiger partial charge >= 0.3 is 5.97 Å². The molecule has 0 saturated carbocycles. The smallest absolute Gasteiger partial charge is 0.313 e. The summed E-state index contributed by atoms with van der Waals surface area (Å²) in [6.07, 6.45) is 1.69. The van der Waals surface area contributed by atoms with Crippen molar-refractivity contribution in [3.8, 4) is 5.88 Å². The number of hydrogen-bond acceptors (Lipinski definition) is 7. The summed E-state index contributed by atoms with van der Waals surface area (Å²) < 4.78 is 20.9. The van der Waals surface area contributed by atoms with E-state index in [0.717, 1.165) is 4.70 Å². The maximum absolute atomic E-state index is 13.4. The number of fused-ring (bicyclic) bond motifs is 2. The van der Waals surface area contributed by atoms with Gasteiger partial charge in [-0.15, -0.1) is 16.4 Å². The van der Waals surface area contributed by atoms with Crippen LogP contribution in [0.5, 0.6) is 5.88 Å².